The second kappa shape index (κ2) is 7.89. The van der Waals surface area contributed by atoms with Gasteiger partial charge in [0.15, 0.2) is 6.61 Å². The van der Waals surface area contributed by atoms with E-state index in [-0.39, 0.29) is 18.6 Å². The molecule has 0 radical (unpaired) electrons. The maximum absolute atomic E-state index is 11.8. The largest absolute Gasteiger partial charge is 0.452 e. The molecule has 0 spiro atoms. The van der Waals surface area contributed by atoms with E-state index in [1.54, 1.807) is 12.1 Å². The first-order valence-electron chi connectivity index (χ1n) is 6.45. The lowest BCUT2D eigenvalue weighted by atomic mass is 10.2. The first kappa shape index (κ1) is 16.5. The lowest BCUT2D eigenvalue weighted by Crippen LogP contribution is -2.35. The van der Waals surface area contributed by atoms with Crippen LogP contribution in [0.3, 0.4) is 0 Å². The summed E-state index contributed by atoms with van der Waals surface area (Å²) in [5.41, 5.74) is 6.40. The first-order valence-corrected chi connectivity index (χ1v) is 7.24. The van der Waals surface area contributed by atoms with Crippen LogP contribution in [0, 0.1) is 0 Å². The molecule has 0 fully saturated rings. The second-order valence-electron chi connectivity index (χ2n) is 4.61. The summed E-state index contributed by atoms with van der Waals surface area (Å²) in [5, 5.41) is 2.76. The number of hydrogen-bond acceptors (Lipinski definition) is 4. The van der Waals surface area contributed by atoms with Gasteiger partial charge in [0.05, 0.1) is 5.56 Å². The second-order valence-corrected chi connectivity index (χ2v) is 5.52. The Balaban J connectivity index is 2.48. The van der Waals surface area contributed by atoms with Crippen LogP contribution >= 0.6 is 15.9 Å². The highest BCUT2D eigenvalue weighted by molar-refractivity contribution is 9.10. The molecule has 1 rings (SSSR count). The van der Waals surface area contributed by atoms with E-state index >= 15 is 0 Å². The number of esters is 1. The monoisotopic (exact) mass is 342 g/mol. The third-order valence-corrected chi connectivity index (χ3v) is 3.08. The van der Waals surface area contributed by atoms with Crippen molar-refractivity contribution in [3.63, 3.8) is 0 Å². The summed E-state index contributed by atoms with van der Waals surface area (Å²) in [5.74, 6) is -0.876. The predicted octanol–water partition coefficient (Wildman–Crippen LogP) is 2.49. The lowest BCUT2D eigenvalue weighted by molar-refractivity contribution is -0.124. The summed E-state index contributed by atoms with van der Waals surface area (Å²) in [6.45, 7) is 3.66. The molecule has 0 aliphatic carbocycles. The van der Waals surface area contributed by atoms with E-state index in [1.165, 1.54) is 6.07 Å². The molecule has 1 atom stereocenters. The summed E-state index contributed by atoms with van der Waals surface area (Å²) < 4.78 is 5.64. The molecule has 1 aromatic carbocycles. The molecule has 0 saturated carbocycles. The molecule has 5 nitrogen and oxygen atoms in total. The van der Waals surface area contributed by atoms with Gasteiger partial charge in [-0.05, 0) is 31.5 Å². The number of ether oxygens (including phenoxy) is 1. The molecular weight excluding hydrogens is 324 g/mol. The minimum Gasteiger partial charge on any atom is -0.452 e. The number of nitrogens with one attached hydrogen (secondary N) is 1. The van der Waals surface area contributed by atoms with Crippen molar-refractivity contribution >= 4 is 33.5 Å². The highest BCUT2D eigenvalue weighted by atomic mass is 79.9. The molecule has 0 aliphatic rings. The molecule has 6 heteroatoms. The van der Waals surface area contributed by atoms with Gasteiger partial charge < -0.3 is 15.8 Å². The third-order valence-electron chi connectivity index (χ3n) is 2.62. The van der Waals surface area contributed by atoms with E-state index in [2.05, 4.69) is 21.2 Å². The molecule has 1 amide bonds. The van der Waals surface area contributed by atoms with Gasteiger partial charge in [0.2, 0.25) is 0 Å². The molecular formula is C14H19BrN2O3. The van der Waals surface area contributed by atoms with E-state index in [9.17, 15) is 9.59 Å². The zero-order valence-electron chi connectivity index (χ0n) is 11.6. The Bertz CT molecular complexity index is 471. The van der Waals surface area contributed by atoms with Crippen LogP contribution in [-0.4, -0.2) is 24.5 Å². The van der Waals surface area contributed by atoms with Crippen LogP contribution in [0.4, 0.5) is 5.69 Å². The lowest BCUT2D eigenvalue weighted by Gasteiger charge is -2.12. The molecule has 3 N–H and O–H groups in total. The maximum Gasteiger partial charge on any atom is 0.338 e. The Morgan fingerprint density at radius 3 is 2.70 bits per heavy atom. The topological polar surface area (TPSA) is 81.4 Å². The number of rotatable bonds is 6. The zero-order valence-corrected chi connectivity index (χ0v) is 13.2. The first-order chi connectivity index (χ1) is 9.42. The Kier molecular flexibility index (Phi) is 6.51. The molecule has 110 valence electrons. The molecule has 0 bridgehead atoms. The number of nitrogens with two attached hydrogens (primary N) is 1. The van der Waals surface area contributed by atoms with Gasteiger partial charge in [0, 0.05) is 16.2 Å². The molecule has 0 heterocycles. The van der Waals surface area contributed by atoms with Crippen LogP contribution in [0.2, 0.25) is 0 Å². The number of carbonyl (C=O) groups excluding carboxylic acids is 2. The summed E-state index contributed by atoms with van der Waals surface area (Å²) in [7, 11) is 0. The van der Waals surface area contributed by atoms with Crippen LogP contribution < -0.4 is 11.1 Å². The standard InChI is InChI=1S/C14H19BrN2O3/c1-3-4-9(2)17-13(18)8-20-14(19)10-5-11(15)7-12(16)6-10/h5-7,9H,3-4,8,16H2,1-2H3,(H,17,18). The van der Waals surface area contributed by atoms with Crippen molar-refractivity contribution in [3.8, 4) is 0 Å². The molecule has 0 aromatic heterocycles. The van der Waals surface area contributed by atoms with E-state index in [0.717, 1.165) is 12.8 Å². The van der Waals surface area contributed by atoms with Crippen molar-refractivity contribution in [1.29, 1.82) is 0 Å². The Morgan fingerprint density at radius 1 is 1.40 bits per heavy atom. The van der Waals surface area contributed by atoms with Gasteiger partial charge in [-0.25, -0.2) is 4.79 Å². The van der Waals surface area contributed by atoms with Crippen LogP contribution in [0.5, 0.6) is 0 Å². The summed E-state index contributed by atoms with van der Waals surface area (Å²) in [6.07, 6.45) is 1.88. The number of hydrogen-bond donors (Lipinski definition) is 2. The summed E-state index contributed by atoms with van der Waals surface area (Å²) in [4.78, 5) is 23.4. The van der Waals surface area contributed by atoms with E-state index in [0.29, 0.717) is 15.7 Å². The SMILES string of the molecule is CCCC(C)NC(=O)COC(=O)c1cc(N)cc(Br)c1. The third kappa shape index (κ3) is 5.61. The summed E-state index contributed by atoms with van der Waals surface area (Å²) in [6, 6.07) is 4.85. The Hall–Kier alpha value is -1.56. The van der Waals surface area contributed by atoms with Gasteiger partial charge in [0.1, 0.15) is 0 Å². The molecule has 0 aliphatic heterocycles. The number of amides is 1. The normalized spacial score (nSPS) is 11.8. The Labute approximate surface area is 127 Å². The molecule has 1 unspecified atom stereocenters. The van der Waals surface area contributed by atoms with E-state index < -0.39 is 5.97 Å². The van der Waals surface area contributed by atoms with Gasteiger partial charge in [-0.3, -0.25) is 4.79 Å². The number of nitrogen functional groups attached to an aromatic ring is 1. The molecule has 20 heavy (non-hydrogen) atoms. The number of halogens is 1. The highest BCUT2D eigenvalue weighted by Crippen LogP contribution is 2.17. The van der Waals surface area contributed by atoms with Crippen molar-refractivity contribution in [2.75, 3.05) is 12.3 Å². The van der Waals surface area contributed by atoms with Crippen molar-refractivity contribution < 1.29 is 14.3 Å². The van der Waals surface area contributed by atoms with Crippen molar-refractivity contribution in [1.82, 2.24) is 5.32 Å². The van der Waals surface area contributed by atoms with Crippen molar-refractivity contribution in [2.45, 2.75) is 32.7 Å². The highest BCUT2D eigenvalue weighted by Gasteiger charge is 2.12. The van der Waals surface area contributed by atoms with Gasteiger partial charge in [-0.15, -0.1) is 0 Å². The average molecular weight is 343 g/mol. The number of carbonyl (C=O) groups is 2. The molecule has 1 aromatic rings. The van der Waals surface area contributed by atoms with Crippen LogP contribution in [0.1, 0.15) is 37.0 Å². The minimum atomic E-state index is -0.573. The number of anilines is 1. The quantitative estimate of drug-likeness (QED) is 0.614. The van der Waals surface area contributed by atoms with Gasteiger partial charge >= 0.3 is 5.97 Å². The van der Waals surface area contributed by atoms with E-state index in [4.69, 9.17) is 10.5 Å². The van der Waals surface area contributed by atoms with Gasteiger partial charge in [0.25, 0.3) is 5.91 Å². The minimum absolute atomic E-state index is 0.0766. The molecule has 0 saturated heterocycles. The fourth-order valence-corrected chi connectivity index (χ4v) is 2.28. The predicted molar refractivity (Wildman–Crippen MR) is 81.3 cm³/mol. The van der Waals surface area contributed by atoms with Crippen molar-refractivity contribution in [3.05, 3.63) is 28.2 Å². The zero-order chi connectivity index (χ0) is 15.1. The fraction of sp³-hybridized carbons (Fsp3) is 0.429. The summed E-state index contributed by atoms with van der Waals surface area (Å²) >= 11 is 3.24. The number of benzene rings is 1. The van der Waals surface area contributed by atoms with E-state index in [1.807, 2.05) is 13.8 Å². The van der Waals surface area contributed by atoms with Gasteiger partial charge in [-0.2, -0.15) is 0 Å². The van der Waals surface area contributed by atoms with Crippen LogP contribution in [-0.2, 0) is 9.53 Å². The van der Waals surface area contributed by atoms with Crippen LogP contribution in [0.25, 0.3) is 0 Å². The maximum atomic E-state index is 11.8. The van der Waals surface area contributed by atoms with Crippen LogP contribution in [0.15, 0.2) is 22.7 Å². The smallest absolute Gasteiger partial charge is 0.338 e. The Morgan fingerprint density at radius 2 is 2.10 bits per heavy atom. The average Bonchev–Trinajstić information content (AvgIpc) is 2.35. The van der Waals surface area contributed by atoms with Gasteiger partial charge in [-0.1, -0.05) is 29.3 Å². The fourth-order valence-electron chi connectivity index (χ4n) is 1.77. The van der Waals surface area contributed by atoms with Crippen molar-refractivity contribution in [2.24, 2.45) is 0 Å².